The van der Waals surface area contributed by atoms with Gasteiger partial charge in [-0.1, -0.05) is 66.7 Å². The lowest BCUT2D eigenvalue weighted by Gasteiger charge is -2.22. The second-order valence-electron chi connectivity index (χ2n) is 6.25. The van der Waals surface area contributed by atoms with Crippen LogP contribution in [0.15, 0.2) is 41.6 Å². The first kappa shape index (κ1) is 17.2. The van der Waals surface area contributed by atoms with Crippen LogP contribution in [0.3, 0.4) is 0 Å². The fourth-order valence-electron chi connectivity index (χ4n) is 3.13. The minimum absolute atomic E-state index is 0.451. The fourth-order valence-corrected chi connectivity index (χ4v) is 3.55. The third-order valence-electron chi connectivity index (χ3n) is 4.54. The molecule has 1 saturated carbocycles. The molecule has 0 radical (unpaired) electrons. The molecular weight excluding hydrogens is 341 g/mol. The Labute approximate surface area is 153 Å². The molecule has 1 aromatic carbocycles. The van der Waals surface area contributed by atoms with Crippen LogP contribution in [0.1, 0.15) is 56.1 Å². The number of anilines is 1. The maximum Gasteiger partial charge on any atom is 0.165 e. The van der Waals surface area contributed by atoms with Crippen molar-refractivity contribution in [3.05, 3.63) is 57.7 Å². The number of nitrogens with one attached hydrogen (secondary N) is 1. The topological polar surface area (TPSA) is 37.3 Å². The number of rotatable bonds is 4. The van der Waals surface area contributed by atoms with Crippen LogP contribution in [-0.2, 0) is 0 Å². The Morgan fingerprint density at radius 2 is 1.83 bits per heavy atom. The van der Waals surface area contributed by atoms with Gasteiger partial charge in [0.25, 0.3) is 0 Å². The summed E-state index contributed by atoms with van der Waals surface area (Å²) >= 11 is 11.9. The molecule has 1 heterocycles. The molecule has 0 amide bonds. The lowest BCUT2D eigenvalue weighted by molar-refractivity contribution is 0.443. The summed E-state index contributed by atoms with van der Waals surface area (Å²) in [5.74, 6) is 1.22. The van der Waals surface area contributed by atoms with E-state index in [1.54, 1.807) is 12.3 Å². The Morgan fingerprint density at radius 1 is 1.12 bits per heavy atom. The third kappa shape index (κ3) is 4.28. The van der Waals surface area contributed by atoms with Crippen LogP contribution in [-0.4, -0.2) is 10.7 Å². The molecule has 24 heavy (non-hydrogen) atoms. The lowest BCUT2D eigenvalue weighted by atomic mass is 9.84. The quantitative estimate of drug-likeness (QED) is 0.514. The van der Waals surface area contributed by atoms with E-state index in [2.05, 4.69) is 39.8 Å². The molecule has 0 bridgehead atoms. The largest absolute Gasteiger partial charge is 0.260 e. The highest BCUT2D eigenvalue weighted by atomic mass is 35.5. The van der Waals surface area contributed by atoms with Gasteiger partial charge in [-0.15, -0.1) is 0 Å². The van der Waals surface area contributed by atoms with Crippen molar-refractivity contribution < 1.29 is 0 Å². The number of hydrogen-bond donors (Lipinski definition) is 1. The van der Waals surface area contributed by atoms with E-state index in [0.29, 0.717) is 15.9 Å². The summed E-state index contributed by atoms with van der Waals surface area (Å²) in [5.41, 5.74) is 6.33. The van der Waals surface area contributed by atoms with Gasteiger partial charge in [0, 0.05) is 6.20 Å². The minimum atomic E-state index is 0.451. The summed E-state index contributed by atoms with van der Waals surface area (Å²) in [4.78, 5) is 4.14. The second-order valence-corrected chi connectivity index (χ2v) is 7.09. The first-order valence-electron chi connectivity index (χ1n) is 8.35. The molecule has 0 atom stereocenters. The van der Waals surface area contributed by atoms with Crippen molar-refractivity contribution in [2.45, 2.75) is 44.9 Å². The second kappa shape index (κ2) is 8.00. The van der Waals surface area contributed by atoms with Crippen LogP contribution < -0.4 is 5.43 Å². The zero-order valence-electron chi connectivity index (χ0n) is 13.7. The van der Waals surface area contributed by atoms with Gasteiger partial charge in [-0.05, 0) is 42.9 Å². The molecule has 1 N–H and O–H groups in total. The van der Waals surface area contributed by atoms with Crippen molar-refractivity contribution in [1.82, 2.24) is 4.98 Å². The first-order chi connectivity index (χ1) is 11.6. The van der Waals surface area contributed by atoms with E-state index >= 15 is 0 Å². The molecule has 0 aliphatic heterocycles. The lowest BCUT2D eigenvalue weighted by Crippen LogP contribution is -2.05. The predicted octanol–water partition coefficient (Wildman–Crippen LogP) is 6.27. The number of benzene rings is 1. The third-order valence-corrected chi connectivity index (χ3v) is 5.04. The van der Waals surface area contributed by atoms with Crippen molar-refractivity contribution in [3.63, 3.8) is 0 Å². The Morgan fingerprint density at radius 3 is 2.50 bits per heavy atom. The maximum absolute atomic E-state index is 6.09. The molecule has 3 rings (SSSR count). The van der Waals surface area contributed by atoms with E-state index in [-0.39, 0.29) is 0 Å². The van der Waals surface area contributed by atoms with Crippen LogP contribution in [0.2, 0.25) is 10.0 Å². The van der Waals surface area contributed by atoms with Gasteiger partial charge >= 0.3 is 0 Å². The SMILES string of the molecule is CC(=NNc1ncc(Cl)cc1Cl)c1ccc(C2CCCCC2)cc1. The van der Waals surface area contributed by atoms with Gasteiger partial charge in [-0.2, -0.15) is 5.10 Å². The Balaban J connectivity index is 1.68. The van der Waals surface area contributed by atoms with E-state index in [4.69, 9.17) is 23.2 Å². The molecule has 2 aromatic rings. The Kier molecular flexibility index (Phi) is 5.75. The summed E-state index contributed by atoms with van der Waals surface area (Å²) in [6, 6.07) is 10.4. The predicted molar refractivity (Wildman–Crippen MR) is 102 cm³/mol. The van der Waals surface area contributed by atoms with E-state index in [1.807, 2.05) is 6.92 Å². The number of hydrogen-bond acceptors (Lipinski definition) is 3. The number of hydrazone groups is 1. The molecule has 126 valence electrons. The van der Waals surface area contributed by atoms with Gasteiger partial charge < -0.3 is 0 Å². The van der Waals surface area contributed by atoms with E-state index in [1.165, 1.54) is 37.7 Å². The number of halogens is 2. The van der Waals surface area contributed by atoms with Gasteiger partial charge in [0.2, 0.25) is 0 Å². The van der Waals surface area contributed by atoms with Crippen molar-refractivity contribution >= 4 is 34.7 Å². The van der Waals surface area contributed by atoms with Gasteiger partial charge in [0.15, 0.2) is 5.82 Å². The molecule has 1 aromatic heterocycles. The van der Waals surface area contributed by atoms with E-state index in [9.17, 15) is 0 Å². The average Bonchev–Trinajstić information content (AvgIpc) is 2.62. The normalized spacial score (nSPS) is 16.2. The molecule has 0 unspecified atom stereocenters. The zero-order valence-corrected chi connectivity index (χ0v) is 15.2. The van der Waals surface area contributed by atoms with E-state index in [0.717, 1.165) is 17.2 Å². The summed E-state index contributed by atoms with van der Waals surface area (Å²) < 4.78 is 0. The van der Waals surface area contributed by atoms with Gasteiger partial charge in [-0.25, -0.2) is 4.98 Å². The fraction of sp³-hybridized carbons (Fsp3) is 0.368. The van der Waals surface area contributed by atoms with Crippen molar-refractivity contribution in [2.24, 2.45) is 5.10 Å². The van der Waals surface area contributed by atoms with Crippen LogP contribution in [0, 0.1) is 0 Å². The maximum atomic E-state index is 6.09. The summed E-state index contributed by atoms with van der Waals surface area (Å²) in [5, 5.41) is 5.33. The highest BCUT2D eigenvalue weighted by Crippen LogP contribution is 2.32. The summed E-state index contributed by atoms with van der Waals surface area (Å²) in [7, 11) is 0. The summed E-state index contributed by atoms with van der Waals surface area (Å²) in [6.07, 6.45) is 8.26. The van der Waals surface area contributed by atoms with Crippen LogP contribution in [0.5, 0.6) is 0 Å². The highest BCUT2D eigenvalue weighted by molar-refractivity contribution is 6.35. The monoisotopic (exact) mass is 361 g/mol. The standard InChI is InChI=1S/C19H21Cl2N3/c1-13(23-24-19-18(21)11-17(20)12-22-19)14-7-9-16(10-8-14)15-5-3-2-4-6-15/h7-12,15H,2-6H2,1H3,(H,22,24). The van der Waals surface area contributed by atoms with Crippen molar-refractivity contribution in [3.8, 4) is 0 Å². The van der Waals surface area contributed by atoms with Crippen LogP contribution >= 0.6 is 23.2 Å². The molecular formula is C19H21Cl2N3. The molecule has 1 aliphatic rings. The van der Waals surface area contributed by atoms with Crippen LogP contribution in [0.25, 0.3) is 0 Å². The molecule has 3 nitrogen and oxygen atoms in total. The Bertz CT molecular complexity index is 720. The molecule has 1 aliphatic carbocycles. The van der Waals surface area contributed by atoms with Crippen LogP contribution in [0.4, 0.5) is 5.82 Å². The number of pyridine rings is 1. The molecule has 0 spiro atoms. The zero-order chi connectivity index (χ0) is 16.9. The number of aromatic nitrogens is 1. The Hall–Kier alpha value is -1.58. The average molecular weight is 362 g/mol. The number of nitrogens with zero attached hydrogens (tertiary/aromatic N) is 2. The summed E-state index contributed by atoms with van der Waals surface area (Å²) in [6.45, 7) is 1.96. The smallest absolute Gasteiger partial charge is 0.165 e. The van der Waals surface area contributed by atoms with Gasteiger partial charge in [-0.3, -0.25) is 5.43 Å². The molecule has 0 saturated heterocycles. The van der Waals surface area contributed by atoms with Crippen molar-refractivity contribution in [1.29, 1.82) is 0 Å². The van der Waals surface area contributed by atoms with Gasteiger partial charge in [0.05, 0.1) is 15.8 Å². The van der Waals surface area contributed by atoms with Gasteiger partial charge in [0.1, 0.15) is 0 Å². The first-order valence-corrected chi connectivity index (χ1v) is 9.11. The van der Waals surface area contributed by atoms with Crippen molar-refractivity contribution in [2.75, 3.05) is 5.43 Å². The molecule has 1 fully saturated rings. The molecule has 5 heteroatoms. The minimum Gasteiger partial charge on any atom is -0.260 e. The highest BCUT2D eigenvalue weighted by Gasteiger charge is 2.15. The van der Waals surface area contributed by atoms with E-state index < -0.39 is 0 Å².